The van der Waals surface area contributed by atoms with Gasteiger partial charge in [0.05, 0.1) is 17.2 Å². The number of ether oxygens (including phenoxy) is 2. The molecule has 2 aliphatic rings. The van der Waals surface area contributed by atoms with E-state index in [1.807, 2.05) is 19.1 Å². The van der Waals surface area contributed by atoms with E-state index >= 15 is 0 Å². The van der Waals surface area contributed by atoms with Crippen LogP contribution in [0.3, 0.4) is 0 Å². The Bertz CT molecular complexity index is 965. The third-order valence-electron chi connectivity index (χ3n) is 6.23. The minimum atomic E-state index is -3.64. The highest BCUT2D eigenvalue weighted by atomic mass is 32.2. The summed E-state index contributed by atoms with van der Waals surface area (Å²) < 4.78 is 39.9. The highest BCUT2D eigenvalue weighted by Gasteiger charge is 2.33. The quantitative estimate of drug-likeness (QED) is 0.674. The molecule has 0 aliphatic carbocycles. The molecule has 6 heteroatoms. The molecule has 1 atom stereocenters. The molecule has 30 heavy (non-hydrogen) atoms. The zero-order valence-corrected chi connectivity index (χ0v) is 18.7. The smallest absolute Gasteiger partial charge is 0.264 e. The van der Waals surface area contributed by atoms with Crippen LogP contribution in [0.15, 0.2) is 47.4 Å². The van der Waals surface area contributed by atoms with Crippen LogP contribution in [0, 0.1) is 5.92 Å². The van der Waals surface area contributed by atoms with E-state index < -0.39 is 10.0 Å². The molecule has 1 saturated heterocycles. The van der Waals surface area contributed by atoms with Crippen molar-refractivity contribution in [3.05, 3.63) is 53.6 Å². The number of anilines is 1. The first-order valence-corrected chi connectivity index (χ1v) is 12.4. The molecule has 0 aromatic heterocycles. The SMILES string of the molecule is CCc1ccc2c(c1)CC[C@@H](C)N2S(=O)(=O)c1ccc(OCC2CCOCC2)cc1. The number of hydrogen-bond acceptors (Lipinski definition) is 4. The number of fused-ring (bicyclic) bond motifs is 1. The van der Waals surface area contributed by atoms with Gasteiger partial charge in [-0.25, -0.2) is 8.42 Å². The second-order valence-electron chi connectivity index (χ2n) is 8.34. The highest BCUT2D eigenvalue weighted by Crippen LogP contribution is 2.36. The second kappa shape index (κ2) is 8.98. The normalized spacial score (nSPS) is 20.1. The van der Waals surface area contributed by atoms with Crippen LogP contribution < -0.4 is 9.04 Å². The highest BCUT2D eigenvalue weighted by molar-refractivity contribution is 7.92. The fraction of sp³-hybridized carbons (Fsp3) is 0.500. The van der Waals surface area contributed by atoms with Crippen LogP contribution >= 0.6 is 0 Å². The van der Waals surface area contributed by atoms with Crippen molar-refractivity contribution in [2.45, 2.75) is 56.9 Å². The molecule has 0 saturated carbocycles. The topological polar surface area (TPSA) is 55.8 Å². The predicted molar refractivity (Wildman–Crippen MR) is 119 cm³/mol. The van der Waals surface area contributed by atoms with Crippen molar-refractivity contribution >= 4 is 15.7 Å². The van der Waals surface area contributed by atoms with Gasteiger partial charge in [-0.05, 0) is 86.4 Å². The molecule has 4 rings (SSSR count). The van der Waals surface area contributed by atoms with Gasteiger partial charge in [-0.3, -0.25) is 4.31 Å². The molecular weight excluding hydrogens is 398 g/mol. The van der Waals surface area contributed by atoms with Gasteiger partial charge in [-0.2, -0.15) is 0 Å². The van der Waals surface area contributed by atoms with Gasteiger partial charge in [0.1, 0.15) is 5.75 Å². The molecule has 2 aliphatic heterocycles. The number of hydrogen-bond donors (Lipinski definition) is 0. The van der Waals surface area contributed by atoms with E-state index in [1.165, 1.54) is 5.56 Å². The van der Waals surface area contributed by atoms with E-state index in [0.29, 0.717) is 23.2 Å². The minimum Gasteiger partial charge on any atom is -0.493 e. The van der Waals surface area contributed by atoms with Gasteiger partial charge < -0.3 is 9.47 Å². The summed E-state index contributed by atoms with van der Waals surface area (Å²) in [6.45, 7) is 6.33. The number of benzene rings is 2. The van der Waals surface area contributed by atoms with E-state index in [-0.39, 0.29) is 6.04 Å². The zero-order valence-electron chi connectivity index (χ0n) is 17.8. The lowest BCUT2D eigenvalue weighted by Crippen LogP contribution is -2.42. The first-order valence-electron chi connectivity index (χ1n) is 11.0. The molecule has 0 amide bonds. The lowest BCUT2D eigenvalue weighted by molar-refractivity contribution is 0.0497. The van der Waals surface area contributed by atoms with Crippen molar-refractivity contribution in [2.75, 3.05) is 24.1 Å². The number of sulfonamides is 1. The number of nitrogens with zero attached hydrogens (tertiary/aromatic N) is 1. The average Bonchev–Trinajstić information content (AvgIpc) is 2.78. The summed E-state index contributed by atoms with van der Waals surface area (Å²) in [7, 11) is -3.64. The Morgan fingerprint density at radius 3 is 2.50 bits per heavy atom. The van der Waals surface area contributed by atoms with Gasteiger partial charge in [0.25, 0.3) is 10.0 Å². The van der Waals surface area contributed by atoms with Crippen LogP contribution in [0.25, 0.3) is 0 Å². The van der Waals surface area contributed by atoms with Crippen molar-refractivity contribution in [2.24, 2.45) is 5.92 Å². The molecule has 2 aromatic carbocycles. The van der Waals surface area contributed by atoms with E-state index in [0.717, 1.165) is 56.6 Å². The summed E-state index contributed by atoms with van der Waals surface area (Å²) in [6, 6.07) is 12.9. The Balaban J connectivity index is 1.53. The average molecular weight is 430 g/mol. The Hall–Kier alpha value is -2.05. The van der Waals surface area contributed by atoms with Gasteiger partial charge in [-0.1, -0.05) is 19.1 Å². The largest absolute Gasteiger partial charge is 0.493 e. The molecule has 2 aromatic rings. The lowest BCUT2D eigenvalue weighted by atomic mass is 9.96. The molecule has 0 bridgehead atoms. The molecule has 5 nitrogen and oxygen atoms in total. The Labute approximate surface area is 180 Å². The molecule has 0 radical (unpaired) electrons. The Morgan fingerprint density at radius 2 is 1.80 bits per heavy atom. The molecule has 1 fully saturated rings. The van der Waals surface area contributed by atoms with Crippen LogP contribution in [0.4, 0.5) is 5.69 Å². The van der Waals surface area contributed by atoms with Crippen molar-refractivity contribution in [1.82, 2.24) is 0 Å². The maximum Gasteiger partial charge on any atom is 0.264 e. The van der Waals surface area contributed by atoms with Crippen molar-refractivity contribution in [1.29, 1.82) is 0 Å². The van der Waals surface area contributed by atoms with Gasteiger partial charge >= 0.3 is 0 Å². The van der Waals surface area contributed by atoms with Crippen molar-refractivity contribution < 1.29 is 17.9 Å². The van der Waals surface area contributed by atoms with Crippen LogP contribution in [0.2, 0.25) is 0 Å². The van der Waals surface area contributed by atoms with E-state index in [1.54, 1.807) is 28.6 Å². The Kier molecular flexibility index (Phi) is 6.34. The van der Waals surface area contributed by atoms with Crippen LogP contribution in [-0.2, 0) is 27.6 Å². The molecule has 0 unspecified atom stereocenters. The minimum absolute atomic E-state index is 0.0700. The van der Waals surface area contributed by atoms with Crippen LogP contribution in [-0.4, -0.2) is 34.3 Å². The third-order valence-corrected chi connectivity index (χ3v) is 8.17. The summed E-state index contributed by atoms with van der Waals surface area (Å²) in [6.07, 6.45) is 4.71. The molecule has 0 N–H and O–H groups in total. The molecule has 162 valence electrons. The second-order valence-corrected chi connectivity index (χ2v) is 10.2. The third kappa shape index (κ3) is 4.35. The lowest BCUT2D eigenvalue weighted by Gasteiger charge is -2.36. The van der Waals surface area contributed by atoms with E-state index in [2.05, 4.69) is 13.0 Å². The van der Waals surface area contributed by atoms with E-state index in [4.69, 9.17) is 9.47 Å². The van der Waals surface area contributed by atoms with Crippen LogP contribution in [0.1, 0.15) is 44.2 Å². The monoisotopic (exact) mass is 429 g/mol. The van der Waals surface area contributed by atoms with Gasteiger partial charge in [-0.15, -0.1) is 0 Å². The number of rotatable bonds is 6. The maximum absolute atomic E-state index is 13.5. The van der Waals surface area contributed by atoms with Gasteiger partial charge in [0, 0.05) is 19.3 Å². The summed E-state index contributed by atoms with van der Waals surface area (Å²) in [5.74, 6) is 1.21. The fourth-order valence-corrected chi connectivity index (χ4v) is 6.03. The number of aryl methyl sites for hydroxylation is 2. The summed E-state index contributed by atoms with van der Waals surface area (Å²) in [5.41, 5.74) is 3.17. The zero-order chi connectivity index (χ0) is 21.1. The summed E-state index contributed by atoms with van der Waals surface area (Å²) in [5, 5.41) is 0. The van der Waals surface area contributed by atoms with Crippen molar-refractivity contribution in [3.8, 4) is 5.75 Å². The summed E-state index contributed by atoms with van der Waals surface area (Å²) in [4.78, 5) is 0.306. The van der Waals surface area contributed by atoms with Gasteiger partial charge in [0.15, 0.2) is 0 Å². The Morgan fingerprint density at radius 1 is 1.07 bits per heavy atom. The molecular formula is C24H31NO4S. The van der Waals surface area contributed by atoms with Crippen LogP contribution in [0.5, 0.6) is 5.75 Å². The van der Waals surface area contributed by atoms with Crippen molar-refractivity contribution in [3.63, 3.8) is 0 Å². The molecule has 0 spiro atoms. The predicted octanol–water partition coefficient (Wildman–Crippen LogP) is 4.58. The standard InChI is InChI=1S/C24H31NO4S/c1-3-19-5-11-24-21(16-19)6-4-18(2)25(24)30(26,27)23-9-7-22(8-10-23)29-17-20-12-14-28-15-13-20/h5,7-11,16,18,20H,3-4,6,12-15,17H2,1-2H3/t18-/m1/s1. The fourth-order valence-electron chi connectivity index (χ4n) is 4.31. The first-order chi connectivity index (χ1) is 14.5. The molecule has 2 heterocycles. The van der Waals surface area contributed by atoms with Gasteiger partial charge in [0.2, 0.25) is 0 Å². The maximum atomic E-state index is 13.5. The van der Waals surface area contributed by atoms with E-state index in [9.17, 15) is 8.42 Å². The first kappa shape index (κ1) is 21.2. The summed E-state index contributed by atoms with van der Waals surface area (Å²) >= 11 is 0.